The van der Waals surface area contributed by atoms with E-state index in [9.17, 15) is 13.2 Å². The van der Waals surface area contributed by atoms with Crippen molar-refractivity contribution in [3.63, 3.8) is 0 Å². The zero-order valence-corrected chi connectivity index (χ0v) is 13.9. The van der Waals surface area contributed by atoms with Crippen LogP contribution in [0.5, 0.6) is 5.75 Å². The SMILES string of the molecule is FC(F)(F)COc1cc(N2CCCC2)cc(-n2nc3ccccc3n2)c1. The van der Waals surface area contributed by atoms with Crippen molar-refractivity contribution in [1.29, 1.82) is 0 Å². The lowest BCUT2D eigenvalue weighted by Crippen LogP contribution is -2.20. The third kappa shape index (κ3) is 3.58. The number of hydrogen-bond acceptors (Lipinski definition) is 4. The van der Waals surface area contributed by atoms with Crippen LogP contribution >= 0.6 is 0 Å². The number of rotatable bonds is 4. The summed E-state index contributed by atoms with van der Waals surface area (Å²) in [4.78, 5) is 3.57. The lowest BCUT2D eigenvalue weighted by Gasteiger charge is -2.20. The number of fused-ring (bicyclic) bond motifs is 1. The Morgan fingerprint density at radius 2 is 1.54 bits per heavy atom. The van der Waals surface area contributed by atoms with Crippen LogP contribution in [0.1, 0.15) is 12.8 Å². The van der Waals surface area contributed by atoms with E-state index >= 15 is 0 Å². The maximum Gasteiger partial charge on any atom is 0.422 e. The molecule has 1 aliphatic heterocycles. The Kier molecular flexibility index (Phi) is 4.18. The molecule has 0 saturated carbocycles. The van der Waals surface area contributed by atoms with E-state index in [2.05, 4.69) is 15.1 Å². The molecular weight excluding hydrogens is 345 g/mol. The van der Waals surface area contributed by atoms with Crippen LogP contribution in [0.2, 0.25) is 0 Å². The van der Waals surface area contributed by atoms with Gasteiger partial charge in [0, 0.05) is 30.9 Å². The van der Waals surface area contributed by atoms with E-state index in [1.54, 1.807) is 6.07 Å². The zero-order chi connectivity index (χ0) is 18.1. The molecule has 5 nitrogen and oxygen atoms in total. The molecule has 8 heteroatoms. The van der Waals surface area contributed by atoms with E-state index in [0.717, 1.165) is 42.7 Å². The highest BCUT2D eigenvalue weighted by molar-refractivity contribution is 5.73. The van der Waals surface area contributed by atoms with E-state index < -0.39 is 12.8 Å². The summed E-state index contributed by atoms with van der Waals surface area (Å²) in [5.74, 6) is 0.156. The Hall–Kier alpha value is -2.77. The highest BCUT2D eigenvalue weighted by atomic mass is 19.4. The quantitative estimate of drug-likeness (QED) is 0.705. The monoisotopic (exact) mass is 362 g/mol. The Morgan fingerprint density at radius 3 is 2.15 bits per heavy atom. The number of benzene rings is 2. The molecule has 0 atom stereocenters. The van der Waals surface area contributed by atoms with Crippen molar-refractivity contribution in [1.82, 2.24) is 15.0 Å². The van der Waals surface area contributed by atoms with Gasteiger partial charge in [-0.3, -0.25) is 0 Å². The predicted octanol–water partition coefficient (Wildman–Crippen LogP) is 3.96. The lowest BCUT2D eigenvalue weighted by atomic mass is 10.2. The molecule has 1 fully saturated rings. The second-order valence-corrected chi connectivity index (χ2v) is 6.26. The third-order valence-electron chi connectivity index (χ3n) is 4.27. The number of nitrogens with zero attached hydrogens (tertiary/aromatic N) is 4. The number of aromatic nitrogens is 3. The number of anilines is 1. The van der Waals surface area contributed by atoms with Crippen molar-refractivity contribution in [3.05, 3.63) is 42.5 Å². The van der Waals surface area contributed by atoms with Crippen LogP contribution in [0.3, 0.4) is 0 Å². The Bertz CT molecular complexity index is 883. The number of ether oxygens (including phenoxy) is 1. The van der Waals surface area contributed by atoms with Crippen molar-refractivity contribution < 1.29 is 17.9 Å². The highest BCUT2D eigenvalue weighted by Crippen LogP contribution is 2.29. The van der Waals surface area contributed by atoms with E-state index in [1.165, 1.54) is 10.9 Å². The Morgan fingerprint density at radius 1 is 0.923 bits per heavy atom. The van der Waals surface area contributed by atoms with E-state index in [-0.39, 0.29) is 5.75 Å². The summed E-state index contributed by atoms with van der Waals surface area (Å²) in [5, 5.41) is 8.82. The summed E-state index contributed by atoms with van der Waals surface area (Å²) in [6.45, 7) is 0.414. The minimum absolute atomic E-state index is 0.156. The molecule has 0 N–H and O–H groups in total. The smallest absolute Gasteiger partial charge is 0.422 e. The first-order chi connectivity index (χ1) is 12.5. The summed E-state index contributed by atoms with van der Waals surface area (Å²) < 4.78 is 42.6. The molecule has 0 bridgehead atoms. The van der Waals surface area contributed by atoms with E-state index in [0.29, 0.717) is 5.69 Å². The molecule has 0 spiro atoms. The summed E-state index contributed by atoms with van der Waals surface area (Å²) in [6.07, 6.45) is -2.26. The van der Waals surface area contributed by atoms with Crippen LogP contribution in [0, 0.1) is 0 Å². The molecule has 4 rings (SSSR count). The second kappa shape index (κ2) is 6.51. The van der Waals surface area contributed by atoms with E-state index in [4.69, 9.17) is 4.74 Å². The van der Waals surface area contributed by atoms with Crippen molar-refractivity contribution in [2.24, 2.45) is 0 Å². The minimum atomic E-state index is -4.39. The van der Waals surface area contributed by atoms with Crippen LogP contribution in [0.15, 0.2) is 42.5 Å². The molecule has 2 aromatic carbocycles. The van der Waals surface area contributed by atoms with Crippen LogP contribution in [-0.2, 0) is 0 Å². The standard InChI is InChI=1S/C18H17F3N4O/c19-18(20,21)12-26-15-10-13(24-7-3-4-8-24)9-14(11-15)25-22-16-5-1-2-6-17(16)23-25/h1-2,5-6,9-11H,3-4,7-8,12H2. The zero-order valence-electron chi connectivity index (χ0n) is 13.9. The minimum Gasteiger partial charge on any atom is -0.484 e. The molecule has 26 heavy (non-hydrogen) atoms. The van der Waals surface area contributed by atoms with Gasteiger partial charge < -0.3 is 9.64 Å². The maximum absolute atomic E-state index is 12.5. The molecule has 1 aliphatic rings. The summed E-state index contributed by atoms with van der Waals surface area (Å²) in [7, 11) is 0. The fourth-order valence-electron chi connectivity index (χ4n) is 3.07. The first kappa shape index (κ1) is 16.7. The normalized spacial score (nSPS) is 15.0. The third-order valence-corrected chi connectivity index (χ3v) is 4.27. The molecule has 2 heterocycles. The van der Waals surface area contributed by atoms with Gasteiger partial charge in [0.05, 0.1) is 5.69 Å². The van der Waals surface area contributed by atoms with Crippen molar-refractivity contribution >= 4 is 16.7 Å². The Labute approximate surface area is 148 Å². The Balaban J connectivity index is 1.73. The summed E-state index contributed by atoms with van der Waals surface area (Å²) >= 11 is 0. The molecular formula is C18H17F3N4O. The van der Waals surface area contributed by atoms with Crippen molar-refractivity contribution in [2.75, 3.05) is 24.6 Å². The highest BCUT2D eigenvalue weighted by Gasteiger charge is 2.28. The van der Waals surface area contributed by atoms with Gasteiger partial charge in [0.1, 0.15) is 16.8 Å². The first-order valence-corrected chi connectivity index (χ1v) is 8.40. The van der Waals surface area contributed by atoms with Gasteiger partial charge in [-0.1, -0.05) is 12.1 Å². The first-order valence-electron chi connectivity index (χ1n) is 8.40. The lowest BCUT2D eigenvalue weighted by molar-refractivity contribution is -0.153. The van der Waals surface area contributed by atoms with Crippen molar-refractivity contribution in [2.45, 2.75) is 19.0 Å². The van der Waals surface area contributed by atoms with Crippen LogP contribution in [0.25, 0.3) is 16.7 Å². The van der Waals surface area contributed by atoms with Gasteiger partial charge in [0.25, 0.3) is 0 Å². The predicted molar refractivity (Wildman–Crippen MR) is 91.9 cm³/mol. The molecule has 0 amide bonds. The van der Waals surface area contributed by atoms with Gasteiger partial charge in [-0.25, -0.2) is 0 Å². The van der Waals surface area contributed by atoms with Crippen LogP contribution in [-0.4, -0.2) is 40.9 Å². The topological polar surface area (TPSA) is 43.2 Å². The summed E-state index contributed by atoms with van der Waals surface area (Å²) in [5.41, 5.74) is 2.83. The van der Waals surface area contributed by atoms with Crippen molar-refractivity contribution in [3.8, 4) is 11.4 Å². The van der Waals surface area contributed by atoms with Crippen LogP contribution < -0.4 is 9.64 Å². The van der Waals surface area contributed by atoms with Gasteiger partial charge in [-0.05, 0) is 31.0 Å². The summed E-state index contributed by atoms with van der Waals surface area (Å²) in [6, 6.07) is 12.5. The number of halogens is 3. The van der Waals surface area contributed by atoms with Gasteiger partial charge >= 0.3 is 6.18 Å². The van der Waals surface area contributed by atoms with E-state index in [1.807, 2.05) is 30.3 Å². The van der Waals surface area contributed by atoms with Gasteiger partial charge in [0.15, 0.2) is 6.61 Å². The molecule has 0 radical (unpaired) electrons. The fraction of sp³-hybridized carbons (Fsp3) is 0.333. The average Bonchev–Trinajstić information content (AvgIpc) is 3.28. The second-order valence-electron chi connectivity index (χ2n) is 6.26. The molecule has 1 aromatic heterocycles. The van der Waals surface area contributed by atoms with Gasteiger partial charge in [-0.15, -0.1) is 10.2 Å². The molecule has 3 aromatic rings. The van der Waals surface area contributed by atoms with Gasteiger partial charge in [0.2, 0.25) is 0 Å². The molecule has 0 unspecified atom stereocenters. The average molecular weight is 362 g/mol. The van der Waals surface area contributed by atoms with Crippen LogP contribution in [0.4, 0.5) is 18.9 Å². The molecule has 0 aliphatic carbocycles. The maximum atomic E-state index is 12.5. The number of alkyl halides is 3. The molecule has 136 valence electrons. The van der Waals surface area contributed by atoms with Gasteiger partial charge in [-0.2, -0.15) is 18.0 Å². The number of hydrogen-bond donors (Lipinski definition) is 0. The molecule has 1 saturated heterocycles. The largest absolute Gasteiger partial charge is 0.484 e. The fourth-order valence-corrected chi connectivity index (χ4v) is 3.07.